The van der Waals surface area contributed by atoms with E-state index in [1.54, 1.807) is 27.0 Å². The summed E-state index contributed by atoms with van der Waals surface area (Å²) in [7, 11) is 0. The predicted octanol–water partition coefficient (Wildman–Crippen LogP) is 2.01. The highest BCUT2D eigenvalue weighted by Crippen LogP contribution is 2.24. The van der Waals surface area contributed by atoms with Gasteiger partial charge in [0, 0.05) is 11.9 Å². The number of carboxylic acids is 1. The third kappa shape index (κ3) is 4.14. The molecule has 1 aromatic rings. The summed E-state index contributed by atoms with van der Waals surface area (Å²) < 4.78 is 5.13. The van der Waals surface area contributed by atoms with Gasteiger partial charge in [0.1, 0.15) is 5.60 Å². The van der Waals surface area contributed by atoms with Crippen molar-refractivity contribution in [3.63, 3.8) is 0 Å². The fraction of sp³-hybridized carbons (Fsp3) is 0.571. The molecule has 1 aromatic heterocycles. The van der Waals surface area contributed by atoms with Crippen LogP contribution < -0.4 is 5.32 Å². The van der Waals surface area contributed by atoms with E-state index in [2.05, 4.69) is 15.3 Å². The number of nitrogens with zero attached hydrogens (tertiary/aromatic N) is 2. The van der Waals surface area contributed by atoms with Gasteiger partial charge in [-0.25, -0.2) is 14.8 Å². The van der Waals surface area contributed by atoms with Crippen LogP contribution in [0.1, 0.15) is 38.4 Å². The van der Waals surface area contributed by atoms with E-state index in [1.165, 1.54) is 0 Å². The van der Waals surface area contributed by atoms with Crippen LogP contribution in [0.25, 0.3) is 0 Å². The van der Waals surface area contributed by atoms with Crippen LogP contribution in [-0.2, 0) is 22.4 Å². The van der Waals surface area contributed by atoms with Crippen molar-refractivity contribution in [3.05, 3.63) is 17.5 Å². The molecule has 21 heavy (non-hydrogen) atoms. The minimum atomic E-state index is -0.795. The predicted molar refractivity (Wildman–Crippen MR) is 75.0 cm³/mol. The number of aliphatic carboxylic acids is 1. The average molecular weight is 293 g/mol. The number of aromatic nitrogens is 2. The summed E-state index contributed by atoms with van der Waals surface area (Å²) >= 11 is 0. The zero-order valence-electron chi connectivity index (χ0n) is 12.3. The Morgan fingerprint density at radius 2 is 2.14 bits per heavy atom. The second kappa shape index (κ2) is 5.67. The highest BCUT2D eigenvalue weighted by molar-refractivity contribution is 5.82. The minimum absolute atomic E-state index is 0.178. The molecular weight excluding hydrogens is 274 g/mol. The fourth-order valence-electron chi connectivity index (χ4n) is 2.17. The second-order valence-electron chi connectivity index (χ2n) is 6.07. The van der Waals surface area contributed by atoms with Crippen LogP contribution in [0.3, 0.4) is 0 Å². The first kappa shape index (κ1) is 15.2. The maximum atomic E-state index is 11.6. The number of ether oxygens (including phenoxy) is 1. The van der Waals surface area contributed by atoms with Crippen LogP contribution in [0, 0.1) is 5.92 Å². The Kier molecular flexibility index (Phi) is 4.11. The van der Waals surface area contributed by atoms with Gasteiger partial charge >= 0.3 is 12.1 Å². The lowest BCUT2D eigenvalue weighted by Crippen LogP contribution is -2.28. The molecule has 0 fully saturated rings. The van der Waals surface area contributed by atoms with Crippen molar-refractivity contribution in [3.8, 4) is 0 Å². The van der Waals surface area contributed by atoms with Crippen molar-refractivity contribution in [2.45, 2.75) is 45.6 Å². The zero-order valence-corrected chi connectivity index (χ0v) is 12.3. The summed E-state index contributed by atoms with van der Waals surface area (Å²) in [6.45, 7) is 5.31. The van der Waals surface area contributed by atoms with Crippen LogP contribution in [0.2, 0.25) is 0 Å². The molecular formula is C14H19N3O4. The maximum absolute atomic E-state index is 11.6. The summed E-state index contributed by atoms with van der Waals surface area (Å²) in [5, 5.41) is 11.5. The van der Waals surface area contributed by atoms with E-state index in [0.717, 1.165) is 11.3 Å². The molecule has 1 aliphatic carbocycles. The van der Waals surface area contributed by atoms with E-state index in [4.69, 9.17) is 9.84 Å². The Morgan fingerprint density at radius 1 is 1.43 bits per heavy atom. The Hall–Kier alpha value is -2.18. The minimum Gasteiger partial charge on any atom is -0.481 e. The molecule has 0 aromatic carbocycles. The molecule has 0 bridgehead atoms. The number of aryl methyl sites for hydroxylation is 1. The number of hydrogen-bond acceptors (Lipinski definition) is 5. The molecule has 0 saturated carbocycles. The largest absolute Gasteiger partial charge is 0.481 e. The van der Waals surface area contributed by atoms with Crippen molar-refractivity contribution < 1.29 is 19.4 Å². The third-order valence-corrected chi connectivity index (χ3v) is 3.11. The first-order chi connectivity index (χ1) is 9.74. The van der Waals surface area contributed by atoms with Gasteiger partial charge in [0.2, 0.25) is 5.95 Å². The van der Waals surface area contributed by atoms with Crippen molar-refractivity contribution in [2.75, 3.05) is 5.32 Å². The van der Waals surface area contributed by atoms with Crippen LogP contribution >= 0.6 is 0 Å². The van der Waals surface area contributed by atoms with Crippen LogP contribution in [0.4, 0.5) is 10.7 Å². The molecule has 1 amide bonds. The second-order valence-corrected chi connectivity index (χ2v) is 6.07. The quantitative estimate of drug-likeness (QED) is 0.865. The molecule has 0 radical (unpaired) electrons. The molecule has 1 aliphatic rings. The number of rotatable bonds is 2. The molecule has 0 aliphatic heterocycles. The van der Waals surface area contributed by atoms with Crippen molar-refractivity contribution >= 4 is 18.0 Å². The van der Waals surface area contributed by atoms with Crippen LogP contribution in [-0.4, -0.2) is 32.7 Å². The van der Waals surface area contributed by atoms with E-state index in [9.17, 15) is 9.59 Å². The number of nitrogens with one attached hydrogen (secondary N) is 1. The first-order valence-electron chi connectivity index (χ1n) is 6.82. The van der Waals surface area contributed by atoms with Crippen LogP contribution in [0.5, 0.6) is 0 Å². The average Bonchev–Trinajstić information content (AvgIpc) is 2.35. The zero-order chi connectivity index (χ0) is 15.6. The topological polar surface area (TPSA) is 101 Å². The summed E-state index contributed by atoms with van der Waals surface area (Å²) in [5.74, 6) is -1.00. The molecule has 2 N–H and O–H groups in total. The normalized spacial score (nSPS) is 17.8. The highest BCUT2D eigenvalue weighted by atomic mass is 16.6. The van der Waals surface area contributed by atoms with E-state index < -0.39 is 17.7 Å². The fourth-order valence-corrected chi connectivity index (χ4v) is 2.17. The molecule has 7 nitrogen and oxygen atoms in total. The van der Waals surface area contributed by atoms with Gasteiger partial charge in [0.15, 0.2) is 0 Å². The SMILES string of the molecule is CC(C)(C)OC(=O)Nc1ncc2c(n1)CCC(C(=O)O)C2. The number of carbonyl (C=O) groups excluding carboxylic acids is 1. The molecule has 7 heteroatoms. The smallest absolute Gasteiger partial charge is 0.414 e. The van der Waals surface area contributed by atoms with E-state index in [-0.39, 0.29) is 11.9 Å². The summed E-state index contributed by atoms with van der Waals surface area (Å²) in [6.07, 6.45) is 2.51. The van der Waals surface area contributed by atoms with Gasteiger partial charge in [0.25, 0.3) is 0 Å². The Labute approximate surface area is 122 Å². The van der Waals surface area contributed by atoms with Gasteiger partial charge < -0.3 is 9.84 Å². The standard InChI is InChI=1S/C14H19N3O4/c1-14(2,3)21-13(20)17-12-15-7-9-6-8(11(18)19)4-5-10(9)16-12/h7-8H,4-6H2,1-3H3,(H,18,19)(H,15,16,17,20). The Balaban J connectivity index is 2.05. The monoisotopic (exact) mass is 293 g/mol. The van der Waals surface area contributed by atoms with Gasteiger partial charge in [-0.15, -0.1) is 0 Å². The molecule has 1 unspecified atom stereocenters. The summed E-state index contributed by atoms with van der Waals surface area (Å²) in [5.41, 5.74) is 1.02. The van der Waals surface area contributed by atoms with E-state index in [1.807, 2.05) is 0 Å². The van der Waals surface area contributed by atoms with Gasteiger partial charge in [-0.05, 0) is 45.6 Å². The maximum Gasteiger partial charge on any atom is 0.414 e. The van der Waals surface area contributed by atoms with Crippen LogP contribution in [0.15, 0.2) is 6.20 Å². The number of carbonyl (C=O) groups is 2. The first-order valence-corrected chi connectivity index (χ1v) is 6.82. The van der Waals surface area contributed by atoms with E-state index in [0.29, 0.717) is 19.3 Å². The van der Waals surface area contributed by atoms with Crippen molar-refractivity contribution in [2.24, 2.45) is 5.92 Å². The molecule has 1 atom stereocenters. The number of anilines is 1. The van der Waals surface area contributed by atoms with E-state index >= 15 is 0 Å². The molecule has 2 rings (SSSR count). The summed E-state index contributed by atoms with van der Waals surface area (Å²) in [6, 6.07) is 0. The van der Waals surface area contributed by atoms with Crippen molar-refractivity contribution in [1.82, 2.24) is 9.97 Å². The number of carboxylic acid groups (broad SMARTS) is 1. The lowest BCUT2D eigenvalue weighted by Gasteiger charge is -2.21. The number of hydrogen-bond donors (Lipinski definition) is 2. The van der Waals surface area contributed by atoms with Gasteiger partial charge in [-0.3, -0.25) is 10.1 Å². The molecule has 0 saturated heterocycles. The molecule has 0 spiro atoms. The number of amides is 1. The third-order valence-electron chi connectivity index (χ3n) is 3.11. The Bertz CT molecular complexity index is 566. The highest BCUT2D eigenvalue weighted by Gasteiger charge is 2.26. The lowest BCUT2D eigenvalue weighted by atomic mass is 9.87. The Morgan fingerprint density at radius 3 is 2.76 bits per heavy atom. The number of fused-ring (bicyclic) bond motifs is 1. The van der Waals surface area contributed by atoms with Gasteiger partial charge in [0.05, 0.1) is 5.92 Å². The summed E-state index contributed by atoms with van der Waals surface area (Å²) in [4.78, 5) is 30.9. The van der Waals surface area contributed by atoms with Gasteiger partial charge in [-0.1, -0.05) is 0 Å². The molecule has 114 valence electrons. The van der Waals surface area contributed by atoms with Crippen molar-refractivity contribution in [1.29, 1.82) is 0 Å². The molecule has 1 heterocycles. The lowest BCUT2D eigenvalue weighted by molar-refractivity contribution is -0.142. The van der Waals surface area contributed by atoms with Gasteiger partial charge in [-0.2, -0.15) is 0 Å².